The number of nitrogens with zero attached hydrogens (tertiary/aromatic N) is 3. The lowest BCUT2D eigenvalue weighted by molar-refractivity contribution is 0.274. The van der Waals surface area contributed by atoms with Gasteiger partial charge in [-0.05, 0) is 17.7 Å². The lowest BCUT2D eigenvalue weighted by atomic mass is 10.1. The zero-order chi connectivity index (χ0) is 11.8. The van der Waals surface area contributed by atoms with E-state index in [4.69, 9.17) is 15.4 Å². The summed E-state index contributed by atoms with van der Waals surface area (Å²) in [7, 11) is 1.53. The van der Waals surface area contributed by atoms with Gasteiger partial charge in [0.1, 0.15) is 5.75 Å². The number of ether oxygens (including phenoxy) is 1. The summed E-state index contributed by atoms with van der Waals surface area (Å²) in [6.45, 7) is 0.0656. The van der Waals surface area contributed by atoms with E-state index in [0.29, 0.717) is 11.3 Å². The van der Waals surface area contributed by atoms with Crippen LogP contribution >= 0.6 is 0 Å². The van der Waals surface area contributed by atoms with Crippen molar-refractivity contribution in [1.82, 2.24) is 0 Å². The van der Waals surface area contributed by atoms with E-state index < -0.39 is 0 Å². The van der Waals surface area contributed by atoms with Gasteiger partial charge in [-0.3, -0.25) is 0 Å². The van der Waals surface area contributed by atoms with Crippen LogP contribution in [0.3, 0.4) is 0 Å². The van der Waals surface area contributed by atoms with Crippen molar-refractivity contribution in [2.45, 2.75) is 6.61 Å². The summed E-state index contributed by atoms with van der Waals surface area (Å²) in [6, 6.07) is 5.25. The third-order valence-corrected chi connectivity index (χ3v) is 1.90. The number of hydrogen-bond donors (Lipinski definition) is 1. The van der Waals surface area contributed by atoms with Crippen LogP contribution in [0.1, 0.15) is 11.1 Å². The molecule has 0 atom stereocenters. The summed E-state index contributed by atoms with van der Waals surface area (Å²) in [6.07, 6.45) is 0. The van der Waals surface area contributed by atoms with E-state index in [1.807, 2.05) is 0 Å². The van der Waals surface area contributed by atoms with Crippen molar-refractivity contribution in [2.24, 2.45) is 5.11 Å². The molecule has 1 rings (SSSR count). The summed E-state index contributed by atoms with van der Waals surface area (Å²) in [5, 5.41) is 12.3. The first-order valence-electron chi connectivity index (χ1n) is 4.59. The van der Waals surface area contributed by atoms with Gasteiger partial charge in [0, 0.05) is 16.0 Å². The number of aliphatic hydroxyl groups is 1. The number of benzene rings is 1. The van der Waals surface area contributed by atoms with Crippen LogP contribution in [0.5, 0.6) is 5.75 Å². The summed E-state index contributed by atoms with van der Waals surface area (Å²) in [5.74, 6) is 6.13. The second kappa shape index (κ2) is 6.36. The average Bonchev–Trinajstić information content (AvgIpc) is 2.34. The fourth-order valence-corrected chi connectivity index (χ4v) is 1.16. The highest BCUT2D eigenvalue weighted by molar-refractivity contribution is 5.44. The highest BCUT2D eigenvalue weighted by atomic mass is 16.5. The van der Waals surface area contributed by atoms with Gasteiger partial charge in [0.2, 0.25) is 0 Å². The van der Waals surface area contributed by atoms with E-state index in [1.54, 1.807) is 18.2 Å². The molecule has 5 nitrogen and oxygen atoms in total. The van der Waals surface area contributed by atoms with E-state index in [1.165, 1.54) is 7.11 Å². The van der Waals surface area contributed by atoms with Crippen LogP contribution in [0, 0.1) is 11.8 Å². The molecular weight excluding hydrogens is 206 g/mol. The van der Waals surface area contributed by atoms with Crippen LogP contribution in [-0.4, -0.2) is 18.8 Å². The first-order valence-corrected chi connectivity index (χ1v) is 4.59. The smallest absolute Gasteiger partial charge is 0.125 e. The predicted octanol–water partition coefficient (Wildman–Crippen LogP) is 1.85. The first-order chi connectivity index (χ1) is 7.81. The Kier molecular flexibility index (Phi) is 4.74. The fourth-order valence-electron chi connectivity index (χ4n) is 1.16. The van der Waals surface area contributed by atoms with Crippen molar-refractivity contribution in [3.63, 3.8) is 0 Å². The molecule has 16 heavy (non-hydrogen) atoms. The monoisotopic (exact) mass is 217 g/mol. The molecule has 1 N–H and O–H groups in total. The predicted molar refractivity (Wildman–Crippen MR) is 59.8 cm³/mol. The quantitative estimate of drug-likeness (QED) is 0.363. The van der Waals surface area contributed by atoms with Crippen molar-refractivity contribution < 1.29 is 9.84 Å². The summed E-state index contributed by atoms with van der Waals surface area (Å²) >= 11 is 0. The third-order valence-electron chi connectivity index (χ3n) is 1.90. The van der Waals surface area contributed by atoms with Crippen molar-refractivity contribution in [3.05, 3.63) is 39.8 Å². The van der Waals surface area contributed by atoms with Gasteiger partial charge in [0.05, 0.1) is 20.3 Å². The lowest BCUT2D eigenvalue weighted by Crippen LogP contribution is -1.92. The van der Waals surface area contributed by atoms with Crippen LogP contribution in [0.4, 0.5) is 0 Å². The number of rotatable bonds is 3. The molecule has 0 saturated carbocycles. The Hall–Kier alpha value is -2.15. The summed E-state index contributed by atoms with van der Waals surface area (Å²) in [4.78, 5) is 2.59. The van der Waals surface area contributed by atoms with Crippen LogP contribution in [0.15, 0.2) is 23.3 Å². The van der Waals surface area contributed by atoms with E-state index in [9.17, 15) is 0 Å². The molecule has 0 aliphatic carbocycles. The van der Waals surface area contributed by atoms with Gasteiger partial charge in [0.15, 0.2) is 0 Å². The maximum absolute atomic E-state index is 9.02. The van der Waals surface area contributed by atoms with Crippen LogP contribution < -0.4 is 4.74 Å². The van der Waals surface area contributed by atoms with Gasteiger partial charge in [-0.1, -0.05) is 23.0 Å². The Labute approximate surface area is 93.3 Å². The molecule has 0 fully saturated rings. The van der Waals surface area contributed by atoms with Gasteiger partial charge < -0.3 is 9.84 Å². The van der Waals surface area contributed by atoms with E-state index in [2.05, 4.69) is 21.9 Å². The average molecular weight is 217 g/mol. The molecule has 0 heterocycles. The molecule has 82 valence electrons. The Morgan fingerprint density at radius 3 is 3.00 bits per heavy atom. The molecule has 0 saturated heterocycles. The van der Waals surface area contributed by atoms with Gasteiger partial charge in [-0.15, -0.1) is 0 Å². The van der Waals surface area contributed by atoms with Gasteiger partial charge in [-0.2, -0.15) is 0 Å². The molecule has 0 bridgehead atoms. The van der Waals surface area contributed by atoms with Gasteiger partial charge >= 0.3 is 0 Å². The minimum absolute atomic E-state index is 0.0738. The van der Waals surface area contributed by atoms with Crippen molar-refractivity contribution >= 4 is 0 Å². The molecule has 0 amide bonds. The number of hydrogen-bond acceptors (Lipinski definition) is 3. The Bertz CT molecular complexity index is 468. The van der Waals surface area contributed by atoms with Crippen LogP contribution in [0.2, 0.25) is 0 Å². The molecule has 0 aliphatic heterocycles. The van der Waals surface area contributed by atoms with Crippen LogP contribution in [-0.2, 0) is 6.61 Å². The molecule has 0 aliphatic rings. The third kappa shape index (κ3) is 3.21. The fraction of sp³-hybridized carbons (Fsp3) is 0.273. The van der Waals surface area contributed by atoms with Crippen molar-refractivity contribution in [1.29, 1.82) is 0 Å². The molecule has 1 aromatic rings. The summed E-state index contributed by atoms with van der Waals surface area (Å²) < 4.78 is 5.09. The molecule has 5 heteroatoms. The maximum Gasteiger partial charge on any atom is 0.125 e. The minimum atomic E-state index is -0.0738. The molecule has 0 aromatic heterocycles. The van der Waals surface area contributed by atoms with Gasteiger partial charge in [0.25, 0.3) is 0 Å². The van der Waals surface area contributed by atoms with Crippen molar-refractivity contribution in [3.8, 4) is 17.6 Å². The number of methoxy groups -OCH3 is 1. The van der Waals surface area contributed by atoms with E-state index in [-0.39, 0.29) is 13.2 Å². The SMILES string of the molecule is COc1cc(C#CCN=[N+]=[N-])ccc1CO. The molecule has 0 unspecified atom stereocenters. The maximum atomic E-state index is 9.02. The number of azide groups is 1. The molecule has 0 spiro atoms. The highest BCUT2D eigenvalue weighted by Gasteiger charge is 2.01. The zero-order valence-electron chi connectivity index (χ0n) is 8.84. The Balaban J connectivity index is 2.89. The van der Waals surface area contributed by atoms with E-state index in [0.717, 1.165) is 5.56 Å². The minimum Gasteiger partial charge on any atom is -0.496 e. The highest BCUT2D eigenvalue weighted by Crippen LogP contribution is 2.19. The second-order valence-corrected chi connectivity index (χ2v) is 2.88. The number of aliphatic hydroxyl groups excluding tert-OH is 1. The topological polar surface area (TPSA) is 78.2 Å². The molecule has 1 aromatic carbocycles. The largest absolute Gasteiger partial charge is 0.496 e. The first kappa shape index (κ1) is 11.9. The Morgan fingerprint density at radius 2 is 2.38 bits per heavy atom. The molecular formula is C11H11N3O2. The Morgan fingerprint density at radius 1 is 1.56 bits per heavy atom. The van der Waals surface area contributed by atoms with Gasteiger partial charge in [-0.25, -0.2) is 0 Å². The zero-order valence-corrected chi connectivity index (χ0v) is 8.84. The van der Waals surface area contributed by atoms with Crippen LogP contribution in [0.25, 0.3) is 10.4 Å². The lowest BCUT2D eigenvalue weighted by Gasteiger charge is -2.05. The normalized spacial score (nSPS) is 8.62. The standard InChI is InChI=1S/C11H11N3O2/c1-16-11-7-9(3-2-6-13-14-12)4-5-10(11)8-15/h4-5,7,15H,6,8H2,1H3. The van der Waals surface area contributed by atoms with E-state index >= 15 is 0 Å². The summed E-state index contributed by atoms with van der Waals surface area (Å²) in [5.41, 5.74) is 9.52. The molecule has 0 radical (unpaired) electrons. The van der Waals surface area contributed by atoms with Crippen molar-refractivity contribution in [2.75, 3.05) is 13.7 Å². The second-order valence-electron chi connectivity index (χ2n) is 2.88.